The van der Waals surface area contributed by atoms with Crippen LogP contribution in [-0.4, -0.2) is 13.1 Å². The molecule has 2 saturated carbocycles. The van der Waals surface area contributed by atoms with Crippen LogP contribution in [0.1, 0.15) is 84.0 Å². The van der Waals surface area contributed by atoms with Gasteiger partial charge in [0, 0.05) is 6.04 Å². The molecule has 112 valence electrons. The molecular weight excluding hydrogens is 230 g/mol. The van der Waals surface area contributed by atoms with Crippen molar-refractivity contribution in [3.8, 4) is 0 Å². The molecule has 19 heavy (non-hydrogen) atoms. The van der Waals surface area contributed by atoms with Crippen LogP contribution >= 0.6 is 0 Å². The Hall–Kier alpha value is -0.0400. The van der Waals surface area contributed by atoms with E-state index in [4.69, 9.17) is 0 Å². The quantitative estimate of drug-likeness (QED) is 0.655. The van der Waals surface area contributed by atoms with E-state index in [2.05, 4.69) is 19.3 Å². The van der Waals surface area contributed by atoms with E-state index in [-0.39, 0.29) is 0 Å². The standard InChI is InChI=1S/C18H35N/c1-3-4-5-6-15-7-9-16(10-8-15)17-11-13-18(19-2)14-12-17/h15-19H,3-14H2,1-2H3. The van der Waals surface area contributed by atoms with Crippen LogP contribution in [-0.2, 0) is 0 Å². The molecule has 0 radical (unpaired) electrons. The van der Waals surface area contributed by atoms with E-state index in [9.17, 15) is 0 Å². The zero-order valence-electron chi connectivity index (χ0n) is 13.3. The average Bonchev–Trinajstić information content (AvgIpc) is 2.48. The van der Waals surface area contributed by atoms with Crippen molar-refractivity contribution >= 4 is 0 Å². The van der Waals surface area contributed by atoms with Gasteiger partial charge in [0.05, 0.1) is 0 Å². The Balaban J connectivity index is 1.63. The summed E-state index contributed by atoms with van der Waals surface area (Å²) in [5.74, 6) is 3.23. The molecule has 1 nitrogen and oxygen atoms in total. The highest BCUT2D eigenvalue weighted by Gasteiger charge is 2.30. The van der Waals surface area contributed by atoms with Crippen LogP contribution in [0.25, 0.3) is 0 Å². The summed E-state index contributed by atoms with van der Waals surface area (Å²) in [5.41, 5.74) is 0. The molecule has 1 heteroatoms. The maximum absolute atomic E-state index is 3.46. The molecule has 2 rings (SSSR count). The lowest BCUT2D eigenvalue weighted by molar-refractivity contribution is 0.151. The number of hydrogen-bond acceptors (Lipinski definition) is 1. The smallest absolute Gasteiger partial charge is 0.00642 e. The zero-order valence-corrected chi connectivity index (χ0v) is 13.3. The molecule has 2 aliphatic rings. The minimum Gasteiger partial charge on any atom is -0.317 e. The molecule has 0 aromatic carbocycles. The maximum atomic E-state index is 3.46. The van der Waals surface area contributed by atoms with Crippen molar-refractivity contribution in [2.75, 3.05) is 7.05 Å². The summed E-state index contributed by atoms with van der Waals surface area (Å²) in [6, 6.07) is 0.821. The van der Waals surface area contributed by atoms with Gasteiger partial charge in [0.25, 0.3) is 0 Å². The first-order valence-electron chi connectivity index (χ1n) is 9.00. The van der Waals surface area contributed by atoms with Gasteiger partial charge in [0.15, 0.2) is 0 Å². The third-order valence-corrected chi connectivity index (χ3v) is 5.95. The molecule has 0 aliphatic heterocycles. The molecule has 0 heterocycles. The van der Waals surface area contributed by atoms with Crippen molar-refractivity contribution in [2.24, 2.45) is 17.8 Å². The summed E-state index contributed by atoms with van der Waals surface area (Å²) >= 11 is 0. The van der Waals surface area contributed by atoms with E-state index in [0.717, 1.165) is 23.8 Å². The van der Waals surface area contributed by atoms with Gasteiger partial charge in [-0.15, -0.1) is 0 Å². The maximum Gasteiger partial charge on any atom is 0.00642 e. The Morgan fingerprint density at radius 3 is 1.89 bits per heavy atom. The number of unbranched alkanes of at least 4 members (excludes halogenated alkanes) is 2. The summed E-state index contributed by atoms with van der Waals surface area (Å²) in [7, 11) is 2.13. The number of nitrogens with one attached hydrogen (secondary N) is 1. The predicted molar refractivity (Wildman–Crippen MR) is 84.4 cm³/mol. The molecule has 0 atom stereocenters. The van der Waals surface area contributed by atoms with Crippen LogP contribution in [0.2, 0.25) is 0 Å². The van der Waals surface area contributed by atoms with Gasteiger partial charge in [-0.1, -0.05) is 45.4 Å². The molecule has 1 N–H and O–H groups in total. The molecule has 0 saturated heterocycles. The number of rotatable bonds is 6. The average molecular weight is 265 g/mol. The van der Waals surface area contributed by atoms with Crippen molar-refractivity contribution in [2.45, 2.75) is 90.0 Å². The van der Waals surface area contributed by atoms with E-state index >= 15 is 0 Å². The van der Waals surface area contributed by atoms with Gasteiger partial charge in [-0.2, -0.15) is 0 Å². The Bertz CT molecular complexity index is 222. The van der Waals surface area contributed by atoms with Crippen molar-refractivity contribution in [1.82, 2.24) is 5.32 Å². The molecule has 0 aromatic heterocycles. The highest BCUT2D eigenvalue weighted by molar-refractivity contribution is 4.83. The summed E-state index contributed by atoms with van der Waals surface area (Å²) in [4.78, 5) is 0. The van der Waals surface area contributed by atoms with Crippen molar-refractivity contribution in [1.29, 1.82) is 0 Å². The Labute approximate surface area is 120 Å². The monoisotopic (exact) mass is 265 g/mol. The third kappa shape index (κ3) is 4.77. The minimum absolute atomic E-state index is 0.821. The second-order valence-electron chi connectivity index (χ2n) is 7.18. The van der Waals surface area contributed by atoms with Gasteiger partial charge in [-0.05, 0) is 63.3 Å². The fraction of sp³-hybridized carbons (Fsp3) is 1.00. The van der Waals surface area contributed by atoms with Crippen molar-refractivity contribution in [3.63, 3.8) is 0 Å². The van der Waals surface area contributed by atoms with Crippen LogP contribution in [0.4, 0.5) is 0 Å². The largest absolute Gasteiger partial charge is 0.317 e. The molecule has 0 unspecified atom stereocenters. The second-order valence-corrected chi connectivity index (χ2v) is 7.18. The highest BCUT2D eigenvalue weighted by Crippen LogP contribution is 2.41. The first-order valence-corrected chi connectivity index (χ1v) is 9.00. The van der Waals surface area contributed by atoms with E-state index < -0.39 is 0 Å². The molecule has 0 spiro atoms. The van der Waals surface area contributed by atoms with Gasteiger partial charge in [-0.3, -0.25) is 0 Å². The lowest BCUT2D eigenvalue weighted by Gasteiger charge is -2.38. The molecule has 0 aromatic rings. The summed E-state index contributed by atoms with van der Waals surface area (Å²) in [5, 5.41) is 3.46. The third-order valence-electron chi connectivity index (χ3n) is 5.95. The summed E-state index contributed by atoms with van der Waals surface area (Å²) in [6.45, 7) is 2.32. The Kier molecular flexibility index (Phi) is 6.70. The van der Waals surface area contributed by atoms with E-state index in [1.807, 2.05) is 0 Å². The summed E-state index contributed by atoms with van der Waals surface area (Å²) < 4.78 is 0. The van der Waals surface area contributed by atoms with E-state index in [1.165, 1.54) is 51.4 Å². The molecule has 2 aliphatic carbocycles. The van der Waals surface area contributed by atoms with E-state index in [0.29, 0.717) is 0 Å². The molecular formula is C18H35N. The van der Waals surface area contributed by atoms with Gasteiger partial charge in [-0.25, -0.2) is 0 Å². The fourth-order valence-corrected chi connectivity index (χ4v) is 4.51. The number of hydrogen-bond donors (Lipinski definition) is 1. The van der Waals surface area contributed by atoms with Crippen molar-refractivity contribution in [3.05, 3.63) is 0 Å². The SMILES string of the molecule is CCCCCC1CCC(C2CCC(NC)CC2)CC1. The van der Waals surface area contributed by atoms with Crippen LogP contribution in [0.15, 0.2) is 0 Å². The lowest BCUT2D eigenvalue weighted by atomic mass is 9.69. The fourth-order valence-electron chi connectivity index (χ4n) is 4.51. The lowest BCUT2D eigenvalue weighted by Crippen LogP contribution is -2.33. The van der Waals surface area contributed by atoms with Crippen LogP contribution in [0.5, 0.6) is 0 Å². The Morgan fingerprint density at radius 2 is 1.37 bits per heavy atom. The highest BCUT2D eigenvalue weighted by atomic mass is 14.9. The van der Waals surface area contributed by atoms with Crippen LogP contribution in [0.3, 0.4) is 0 Å². The predicted octanol–water partition coefficient (Wildman–Crippen LogP) is 5.15. The van der Waals surface area contributed by atoms with Gasteiger partial charge in [0.2, 0.25) is 0 Å². The van der Waals surface area contributed by atoms with Gasteiger partial charge >= 0.3 is 0 Å². The zero-order chi connectivity index (χ0) is 13.5. The molecule has 0 amide bonds. The topological polar surface area (TPSA) is 12.0 Å². The van der Waals surface area contributed by atoms with E-state index in [1.54, 1.807) is 25.7 Å². The second kappa shape index (κ2) is 8.29. The van der Waals surface area contributed by atoms with Gasteiger partial charge < -0.3 is 5.32 Å². The van der Waals surface area contributed by atoms with Crippen molar-refractivity contribution < 1.29 is 0 Å². The van der Waals surface area contributed by atoms with Crippen LogP contribution < -0.4 is 5.32 Å². The van der Waals surface area contributed by atoms with Crippen LogP contribution in [0, 0.1) is 17.8 Å². The summed E-state index contributed by atoms with van der Waals surface area (Å²) in [6.07, 6.45) is 17.9. The first-order chi connectivity index (χ1) is 9.33. The van der Waals surface area contributed by atoms with Gasteiger partial charge in [0.1, 0.15) is 0 Å². The molecule has 2 fully saturated rings. The first kappa shape index (κ1) is 15.4. The normalized spacial score (nSPS) is 36.3. The molecule has 0 bridgehead atoms. The minimum atomic E-state index is 0.821. The Morgan fingerprint density at radius 1 is 0.789 bits per heavy atom.